The predicted molar refractivity (Wildman–Crippen MR) is 98.0 cm³/mol. The van der Waals surface area contributed by atoms with E-state index in [1.165, 1.54) is 5.56 Å². The fraction of sp³-hybridized carbons (Fsp3) is 0.316. The molecule has 1 atom stereocenters. The molecular formula is C19H20ClNOS. The second-order valence-corrected chi connectivity index (χ2v) is 7.43. The summed E-state index contributed by atoms with van der Waals surface area (Å²) in [5.74, 6) is 1.15. The summed E-state index contributed by atoms with van der Waals surface area (Å²) in [6.45, 7) is 1.63. The molecule has 1 aliphatic heterocycles. The Balaban J connectivity index is 1.61. The average Bonchev–Trinajstić information content (AvgIpc) is 2.84. The molecule has 1 aliphatic rings. The summed E-state index contributed by atoms with van der Waals surface area (Å²) >= 11 is 8.12. The van der Waals surface area contributed by atoms with Gasteiger partial charge in [0.1, 0.15) is 0 Å². The molecule has 1 amide bonds. The zero-order chi connectivity index (χ0) is 16.1. The summed E-state index contributed by atoms with van der Waals surface area (Å²) in [5, 5.41) is 1.15. The van der Waals surface area contributed by atoms with Gasteiger partial charge in [-0.05, 0) is 23.6 Å². The molecule has 0 N–H and O–H groups in total. The lowest BCUT2D eigenvalue weighted by molar-refractivity contribution is -0.130. The van der Waals surface area contributed by atoms with E-state index in [1.807, 2.05) is 47.0 Å². The van der Waals surface area contributed by atoms with Crippen molar-refractivity contribution in [2.24, 2.45) is 0 Å². The van der Waals surface area contributed by atoms with Crippen molar-refractivity contribution in [1.82, 2.24) is 4.90 Å². The van der Waals surface area contributed by atoms with Gasteiger partial charge in [0.25, 0.3) is 0 Å². The number of thioether (sulfide) groups is 1. The molecular weight excluding hydrogens is 326 g/mol. The van der Waals surface area contributed by atoms with Crippen LogP contribution >= 0.6 is 23.4 Å². The number of amides is 1. The highest BCUT2D eigenvalue weighted by atomic mass is 35.5. The first kappa shape index (κ1) is 16.4. The van der Waals surface area contributed by atoms with Gasteiger partial charge in [-0.2, -0.15) is 11.8 Å². The Morgan fingerprint density at radius 3 is 2.61 bits per heavy atom. The van der Waals surface area contributed by atoms with Crippen LogP contribution in [0.3, 0.4) is 0 Å². The number of hydrogen-bond donors (Lipinski definition) is 0. The zero-order valence-corrected chi connectivity index (χ0v) is 14.5. The van der Waals surface area contributed by atoms with Crippen LogP contribution in [0, 0.1) is 0 Å². The monoisotopic (exact) mass is 345 g/mol. The van der Waals surface area contributed by atoms with Gasteiger partial charge in [0.05, 0.1) is 6.42 Å². The molecule has 3 rings (SSSR count). The van der Waals surface area contributed by atoms with Crippen LogP contribution in [0.15, 0.2) is 54.6 Å². The molecule has 0 radical (unpaired) electrons. The number of hydrogen-bond acceptors (Lipinski definition) is 2. The molecule has 1 heterocycles. The molecule has 1 saturated heterocycles. The van der Waals surface area contributed by atoms with Crippen LogP contribution in [0.2, 0.25) is 5.02 Å². The summed E-state index contributed by atoms with van der Waals surface area (Å²) in [6.07, 6.45) is 1.39. The van der Waals surface area contributed by atoms with Crippen LogP contribution in [0.4, 0.5) is 0 Å². The van der Waals surface area contributed by atoms with Crippen LogP contribution in [0.25, 0.3) is 0 Å². The van der Waals surface area contributed by atoms with Crippen molar-refractivity contribution < 1.29 is 4.79 Å². The summed E-state index contributed by atoms with van der Waals surface area (Å²) in [4.78, 5) is 14.6. The van der Waals surface area contributed by atoms with Crippen LogP contribution in [0.5, 0.6) is 0 Å². The van der Waals surface area contributed by atoms with Gasteiger partial charge in [-0.3, -0.25) is 4.79 Å². The Morgan fingerprint density at radius 2 is 1.83 bits per heavy atom. The Kier molecular flexibility index (Phi) is 5.63. The maximum atomic E-state index is 12.6. The lowest BCUT2D eigenvalue weighted by atomic mass is 10.1. The minimum absolute atomic E-state index is 0.174. The van der Waals surface area contributed by atoms with Crippen molar-refractivity contribution >= 4 is 29.3 Å². The van der Waals surface area contributed by atoms with E-state index in [4.69, 9.17) is 11.6 Å². The van der Waals surface area contributed by atoms with E-state index in [0.29, 0.717) is 16.7 Å². The smallest absolute Gasteiger partial charge is 0.227 e. The molecule has 23 heavy (non-hydrogen) atoms. The van der Waals surface area contributed by atoms with Crippen LogP contribution in [-0.2, 0) is 11.2 Å². The molecule has 0 aromatic heterocycles. The molecule has 120 valence electrons. The highest BCUT2D eigenvalue weighted by Crippen LogP contribution is 2.34. The first-order valence-corrected chi connectivity index (χ1v) is 9.34. The third-order valence-electron chi connectivity index (χ3n) is 4.17. The van der Waals surface area contributed by atoms with Gasteiger partial charge in [-0.25, -0.2) is 0 Å². The third-order valence-corrected chi connectivity index (χ3v) is 5.86. The van der Waals surface area contributed by atoms with Crippen molar-refractivity contribution in [3.63, 3.8) is 0 Å². The molecule has 0 saturated carbocycles. The van der Waals surface area contributed by atoms with Gasteiger partial charge in [-0.1, -0.05) is 60.1 Å². The fourth-order valence-corrected chi connectivity index (χ4v) is 4.30. The van der Waals surface area contributed by atoms with Crippen LogP contribution < -0.4 is 0 Å². The maximum absolute atomic E-state index is 12.6. The van der Waals surface area contributed by atoms with Gasteiger partial charge in [-0.15, -0.1) is 0 Å². The molecule has 2 nitrogen and oxygen atoms in total. The van der Waals surface area contributed by atoms with E-state index in [2.05, 4.69) is 24.3 Å². The van der Waals surface area contributed by atoms with E-state index in [1.54, 1.807) is 0 Å². The van der Waals surface area contributed by atoms with Gasteiger partial charge < -0.3 is 4.90 Å². The Hall–Kier alpha value is -1.45. The topological polar surface area (TPSA) is 20.3 Å². The summed E-state index contributed by atoms with van der Waals surface area (Å²) < 4.78 is 0. The minimum Gasteiger partial charge on any atom is -0.342 e. The maximum Gasteiger partial charge on any atom is 0.227 e. The quantitative estimate of drug-likeness (QED) is 0.811. The first-order valence-electron chi connectivity index (χ1n) is 7.92. The van der Waals surface area contributed by atoms with Crippen molar-refractivity contribution in [1.29, 1.82) is 0 Å². The highest BCUT2D eigenvalue weighted by Gasteiger charge is 2.22. The van der Waals surface area contributed by atoms with E-state index in [9.17, 15) is 4.79 Å². The summed E-state index contributed by atoms with van der Waals surface area (Å²) in [5.41, 5.74) is 2.27. The molecule has 2 aromatic rings. The standard InChI is InChI=1S/C19H20ClNOS/c20-17-9-5-4-8-16(17)14-19(22)21-11-10-18(23-13-12-21)15-6-2-1-3-7-15/h1-9,18H,10-14H2/t18-/m0/s1. The molecule has 0 bridgehead atoms. The Bertz CT molecular complexity index is 661. The highest BCUT2D eigenvalue weighted by molar-refractivity contribution is 7.99. The number of carbonyl (C=O) groups is 1. The van der Waals surface area contributed by atoms with E-state index in [-0.39, 0.29) is 5.91 Å². The van der Waals surface area contributed by atoms with Crippen molar-refractivity contribution in [3.05, 3.63) is 70.7 Å². The molecule has 4 heteroatoms. The SMILES string of the molecule is O=C(Cc1ccccc1Cl)N1CCS[C@H](c2ccccc2)CC1. The van der Waals surface area contributed by atoms with E-state index < -0.39 is 0 Å². The zero-order valence-electron chi connectivity index (χ0n) is 13.0. The Morgan fingerprint density at radius 1 is 1.09 bits per heavy atom. The molecule has 0 unspecified atom stereocenters. The normalized spacial score (nSPS) is 18.5. The summed E-state index contributed by atoms with van der Waals surface area (Å²) in [6, 6.07) is 18.2. The molecule has 0 aliphatic carbocycles. The Labute approximate surface area is 146 Å². The molecule has 0 spiro atoms. The van der Waals surface area contributed by atoms with Crippen molar-refractivity contribution in [2.45, 2.75) is 18.1 Å². The number of nitrogens with zero attached hydrogens (tertiary/aromatic N) is 1. The van der Waals surface area contributed by atoms with Gasteiger partial charge >= 0.3 is 0 Å². The number of halogens is 1. The first-order chi connectivity index (χ1) is 11.2. The largest absolute Gasteiger partial charge is 0.342 e. The summed E-state index contributed by atoms with van der Waals surface area (Å²) in [7, 11) is 0. The predicted octanol–water partition coefficient (Wildman–Crippen LogP) is 4.59. The minimum atomic E-state index is 0.174. The van der Waals surface area contributed by atoms with Crippen molar-refractivity contribution in [2.75, 3.05) is 18.8 Å². The van der Waals surface area contributed by atoms with Gasteiger partial charge in [0, 0.05) is 29.1 Å². The van der Waals surface area contributed by atoms with Crippen molar-refractivity contribution in [3.8, 4) is 0 Å². The van der Waals surface area contributed by atoms with Crippen LogP contribution in [0.1, 0.15) is 22.8 Å². The molecule has 2 aromatic carbocycles. The second-order valence-electron chi connectivity index (χ2n) is 5.71. The van der Waals surface area contributed by atoms with Gasteiger partial charge in [0.15, 0.2) is 0 Å². The number of rotatable bonds is 3. The van der Waals surface area contributed by atoms with Gasteiger partial charge in [0.2, 0.25) is 5.91 Å². The van der Waals surface area contributed by atoms with E-state index in [0.717, 1.165) is 30.8 Å². The average molecular weight is 346 g/mol. The lowest BCUT2D eigenvalue weighted by Gasteiger charge is -2.20. The van der Waals surface area contributed by atoms with E-state index >= 15 is 0 Å². The second kappa shape index (κ2) is 7.89. The number of carbonyl (C=O) groups excluding carboxylic acids is 1. The fourth-order valence-electron chi connectivity index (χ4n) is 2.87. The molecule has 1 fully saturated rings. The lowest BCUT2D eigenvalue weighted by Crippen LogP contribution is -2.34. The third kappa shape index (κ3) is 4.30. The van der Waals surface area contributed by atoms with Crippen LogP contribution in [-0.4, -0.2) is 29.6 Å². The number of benzene rings is 2.